The lowest BCUT2D eigenvalue weighted by molar-refractivity contribution is -0.126. The van der Waals surface area contributed by atoms with Crippen LogP contribution < -0.4 is 10.6 Å². The largest absolute Gasteiger partial charge is 0.353 e. The Balaban J connectivity index is 2.00. The first-order valence-electron chi connectivity index (χ1n) is 9.33. The lowest BCUT2D eigenvalue weighted by Crippen LogP contribution is -2.58. The van der Waals surface area contributed by atoms with Crippen molar-refractivity contribution in [2.45, 2.75) is 31.9 Å². The Morgan fingerprint density at radius 3 is 2.65 bits per heavy atom. The zero-order valence-electron chi connectivity index (χ0n) is 16.6. The lowest BCUT2D eigenvalue weighted by atomic mass is 9.98. The fraction of sp³-hybridized carbons (Fsp3) is 0.350. The predicted molar refractivity (Wildman–Crippen MR) is 105 cm³/mol. The van der Waals surface area contributed by atoms with Crippen LogP contribution in [0, 0.1) is 11.6 Å². The second kappa shape index (κ2) is 8.70. The summed E-state index contributed by atoms with van der Waals surface area (Å²) in [5, 5.41) is 4.42. The highest BCUT2D eigenvalue weighted by molar-refractivity contribution is 6.31. The van der Waals surface area contributed by atoms with Crippen LogP contribution in [0.15, 0.2) is 30.5 Å². The fourth-order valence-electron chi connectivity index (χ4n) is 3.21. The van der Waals surface area contributed by atoms with Crippen LogP contribution in [0.2, 0.25) is 5.02 Å². The molecule has 2 heterocycles. The molecule has 1 aromatic heterocycles. The van der Waals surface area contributed by atoms with Crippen molar-refractivity contribution in [2.75, 3.05) is 13.1 Å². The summed E-state index contributed by atoms with van der Waals surface area (Å²) >= 11 is 5.69. The zero-order chi connectivity index (χ0) is 22.9. The number of amides is 3. The molecule has 6 nitrogen and oxygen atoms in total. The number of pyridine rings is 1. The van der Waals surface area contributed by atoms with E-state index in [4.69, 9.17) is 11.6 Å². The Morgan fingerprint density at radius 2 is 2.03 bits per heavy atom. The number of nitrogens with zero attached hydrogens (tertiary/aromatic N) is 2. The van der Waals surface area contributed by atoms with Crippen LogP contribution in [0.1, 0.15) is 36.7 Å². The third-order valence-electron chi connectivity index (χ3n) is 4.97. The SMILES string of the molecule is C[C@@H]1C(=O)NCCN1C(=O)NC(c1ccc(C(C)(F)F)nc1)c1ccc(F)c(Cl)c1F. The average molecular weight is 459 g/mol. The topological polar surface area (TPSA) is 74.3 Å². The van der Waals surface area contributed by atoms with Gasteiger partial charge in [-0.05, 0) is 24.6 Å². The normalized spacial score (nSPS) is 17.8. The summed E-state index contributed by atoms with van der Waals surface area (Å²) in [4.78, 5) is 29.7. The summed E-state index contributed by atoms with van der Waals surface area (Å²) < 4.78 is 55.4. The molecule has 0 radical (unpaired) electrons. The molecule has 1 unspecified atom stereocenters. The Morgan fingerprint density at radius 1 is 1.32 bits per heavy atom. The second-order valence-corrected chi connectivity index (χ2v) is 7.55. The quantitative estimate of drug-likeness (QED) is 0.541. The molecule has 0 saturated carbocycles. The monoisotopic (exact) mass is 458 g/mol. The maximum Gasteiger partial charge on any atom is 0.318 e. The Hall–Kier alpha value is -2.88. The van der Waals surface area contributed by atoms with Crippen molar-refractivity contribution in [2.24, 2.45) is 0 Å². The highest BCUT2D eigenvalue weighted by Gasteiger charge is 2.33. The van der Waals surface area contributed by atoms with Gasteiger partial charge in [-0.2, -0.15) is 8.78 Å². The van der Waals surface area contributed by atoms with Crippen LogP contribution in [0.4, 0.5) is 22.4 Å². The molecular formula is C20H19ClF4N4O2. The van der Waals surface area contributed by atoms with E-state index in [-0.39, 0.29) is 30.1 Å². The van der Waals surface area contributed by atoms with Gasteiger partial charge in [0.1, 0.15) is 28.4 Å². The fourth-order valence-corrected chi connectivity index (χ4v) is 3.38. The number of benzene rings is 1. The molecule has 166 valence electrons. The summed E-state index contributed by atoms with van der Waals surface area (Å²) in [5.41, 5.74) is -0.538. The van der Waals surface area contributed by atoms with Crippen LogP contribution >= 0.6 is 11.6 Å². The standard InChI is InChI=1S/C20H19ClF4N4O2/c1-10-18(30)26-7-8-29(10)19(31)28-17(12-4-5-13(22)15(21)16(12)23)11-3-6-14(27-9-11)20(2,24)25/h3-6,9-10,17H,7-8H2,1-2H3,(H,26,30)(H,28,31)/t10-,17?/m1/s1. The molecule has 3 rings (SSSR count). The van der Waals surface area contributed by atoms with Crippen LogP contribution in [0.3, 0.4) is 0 Å². The van der Waals surface area contributed by atoms with Crippen molar-refractivity contribution < 1.29 is 27.2 Å². The maximum absolute atomic E-state index is 14.8. The summed E-state index contributed by atoms with van der Waals surface area (Å²) in [7, 11) is 0. The molecule has 2 aromatic rings. The first kappa shape index (κ1) is 22.8. The molecule has 1 aliphatic rings. The maximum atomic E-state index is 14.8. The Kier molecular flexibility index (Phi) is 6.40. The number of hydrogen-bond donors (Lipinski definition) is 2. The van der Waals surface area contributed by atoms with Gasteiger partial charge in [-0.3, -0.25) is 9.78 Å². The molecule has 2 N–H and O–H groups in total. The van der Waals surface area contributed by atoms with Crippen molar-refractivity contribution in [3.05, 3.63) is 63.9 Å². The van der Waals surface area contributed by atoms with Gasteiger partial charge in [0, 0.05) is 31.8 Å². The van der Waals surface area contributed by atoms with Gasteiger partial charge >= 0.3 is 6.03 Å². The van der Waals surface area contributed by atoms with Gasteiger partial charge in [0.05, 0.1) is 6.04 Å². The zero-order valence-corrected chi connectivity index (χ0v) is 17.3. The van der Waals surface area contributed by atoms with Crippen molar-refractivity contribution in [3.63, 3.8) is 0 Å². The molecule has 0 aliphatic carbocycles. The molecule has 3 amide bonds. The summed E-state index contributed by atoms with van der Waals surface area (Å²) in [6.07, 6.45) is 1.07. The molecule has 1 saturated heterocycles. The van der Waals surface area contributed by atoms with Gasteiger partial charge in [-0.15, -0.1) is 0 Å². The summed E-state index contributed by atoms with van der Waals surface area (Å²) in [6.45, 7) is 2.64. The molecule has 2 atom stereocenters. The van der Waals surface area contributed by atoms with Crippen molar-refractivity contribution in [1.82, 2.24) is 20.5 Å². The van der Waals surface area contributed by atoms with E-state index in [1.807, 2.05) is 0 Å². The number of carbonyl (C=O) groups excluding carboxylic acids is 2. The van der Waals surface area contributed by atoms with E-state index in [0.29, 0.717) is 6.92 Å². The number of aromatic nitrogens is 1. The summed E-state index contributed by atoms with van der Waals surface area (Å²) in [5.74, 6) is -5.65. The van der Waals surface area contributed by atoms with E-state index in [1.165, 1.54) is 17.9 Å². The number of rotatable bonds is 4. The Bertz CT molecular complexity index is 998. The number of hydrogen-bond acceptors (Lipinski definition) is 3. The van der Waals surface area contributed by atoms with Crippen LogP contribution in [0.25, 0.3) is 0 Å². The van der Waals surface area contributed by atoms with Crippen molar-refractivity contribution in [1.29, 1.82) is 0 Å². The predicted octanol–water partition coefficient (Wildman–Crippen LogP) is 3.74. The molecule has 11 heteroatoms. The first-order chi connectivity index (χ1) is 14.5. The van der Waals surface area contributed by atoms with Gasteiger partial charge in [0.15, 0.2) is 0 Å². The van der Waals surface area contributed by atoms with E-state index in [1.54, 1.807) is 0 Å². The van der Waals surface area contributed by atoms with E-state index in [2.05, 4.69) is 15.6 Å². The number of alkyl halides is 2. The van der Waals surface area contributed by atoms with Crippen LogP contribution in [-0.4, -0.2) is 41.0 Å². The molecule has 1 aromatic carbocycles. The number of halogens is 5. The average Bonchev–Trinajstić information content (AvgIpc) is 2.72. The van der Waals surface area contributed by atoms with Gasteiger partial charge in [0.25, 0.3) is 5.92 Å². The minimum atomic E-state index is -3.20. The highest BCUT2D eigenvalue weighted by Crippen LogP contribution is 2.31. The molecule has 1 fully saturated rings. The number of carbonyl (C=O) groups is 2. The molecular weight excluding hydrogens is 440 g/mol. The first-order valence-corrected chi connectivity index (χ1v) is 9.71. The van der Waals surface area contributed by atoms with Crippen LogP contribution in [-0.2, 0) is 10.7 Å². The van der Waals surface area contributed by atoms with Crippen molar-refractivity contribution in [3.8, 4) is 0 Å². The van der Waals surface area contributed by atoms with Crippen LogP contribution in [0.5, 0.6) is 0 Å². The van der Waals surface area contributed by atoms with E-state index >= 15 is 0 Å². The van der Waals surface area contributed by atoms with Gasteiger partial charge in [-0.25, -0.2) is 13.6 Å². The smallest absolute Gasteiger partial charge is 0.318 e. The number of urea groups is 1. The van der Waals surface area contributed by atoms with Gasteiger partial charge in [0.2, 0.25) is 5.91 Å². The van der Waals surface area contributed by atoms with Crippen molar-refractivity contribution >= 4 is 23.5 Å². The Labute approximate surface area is 180 Å². The molecule has 0 bridgehead atoms. The van der Waals surface area contributed by atoms with E-state index in [9.17, 15) is 27.2 Å². The number of nitrogens with one attached hydrogen (secondary N) is 2. The molecule has 0 spiro atoms. The molecule has 1 aliphatic heterocycles. The minimum Gasteiger partial charge on any atom is -0.353 e. The molecule has 31 heavy (non-hydrogen) atoms. The minimum absolute atomic E-state index is 0.164. The third-order valence-corrected chi connectivity index (χ3v) is 5.32. The highest BCUT2D eigenvalue weighted by atomic mass is 35.5. The lowest BCUT2D eigenvalue weighted by Gasteiger charge is -2.34. The van der Waals surface area contributed by atoms with E-state index in [0.717, 1.165) is 24.4 Å². The second-order valence-electron chi connectivity index (χ2n) is 7.17. The van der Waals surface area contributed by atoms with E-state index < -0.39 is 46.4 Å². The summed E-state index contributed by atoms with van der Waals surface area (Å²) in [6, 6.07) is 1.62. The van der Waals surface area contributed by atoms with Gasteiger partial charge < -0.3 is 15.5 Å². The third kappa shape index (κ3) is 4.73. The number of piperazine rings is 1. The van der Waals surface area contributed by atoms with Gasteiger partial charge in [-0.1, -0.05) is 23.7 Å².